The largest absolute Gasteiger partial charge is 0.385 e. The smallest absolute Gasteiger partial charge is 0.186 e. The summed E-state index contributed by atoms with van der Waals surface area (Å²) in [6, 6.07) is 19.9. The average Bonchev–Trinajstić information content (AvgIpc) is 2.95. The highest BCUT2D eigenvalue weighted by Gasteiger charge is 2.43. The van der Waals surface area contributed by atoms with E-state index in [-0.39, 0.29) is 6.10 Å². The van der Waals surface area contributed by atoms with Gasteiger partial charge in [-0.25, -0.2) is 0 Å². The molecule has 4 atom stereocenters. The zero-order valence-corrected chi connectivity index (χ0v) is 14.3. The van der Waals surface area contributed by atoms with Gasteiger partial charge in [0.1, 0.15) is 18.3 Å². The van der Waals surface area contributed by atoms with Gasteiger partial charge in [0.25, 0.3) is 0 Å². The number of hydrogen-bond acceptors (Lipinski definition) is 4. The first-order valence-electron chi connectivity index (χ1n) is 8.62. The summed E-state index contributed by atoms with van der Waals surface area (Å²) in [6.45, 7) is 2.77. The van der Waals surface area contributed by atoms with Crippen LogP contribution >= 0.6 is 0 Å². The minimum atomic E-state index is -0.825. The van der Waals surface area contributed by atoms with Gasteiger partial charge < -0.3 is 19.3 Å². The van der Waals surface area contributed by atoms with Crippen molar-refractivity contribution in [3.63, 3.8) is 0 Å². The van der Waals surface area contributed by atoms with Gasteiger partial charge in [-0.2, -0.15) is 0 Å². The van der Waals surface area contributed by atoms with Crippen molar-refractivity contribution in [2.45, 2.75) is 38.1 Å². The first kappa shape index (κ1) is 17.8. The van der Waals surface area contributed by atoms with E-state index in [9.17, 15) is 5.11 Å². The minimum absolute atomic E-state index is 0.365. The summed E-state index contributed by atoms with van der Waals surface area (Å²) in [5.41, 5.74) is 2.13. The van der Waals surface area contributed by atoms with Crippen molar-refractivity contribution >= 4 is 6.08 Å². The molecule has 0 saturated carbocycles. The highest BCUT2D eigenvalue weighted by atomic mass is 16.7. The molecule has 0 aliphatic carbocycles. The highest BCUT2D eigenvalue weighted by molar-refractivity contribution is 5.49. The Morgan fingerprint density at radius 1 is 1.00 bits per heavy atom. The Morgan fingerprint density at radius 2 is 1.68 bits per heavy atom. The molecule has 0 radical (unpaired) electrons. The molecule has 2 aromatic rings. The molecule has 0 bridgehead atoms. The molecule has 1 aliphatic rings. The number of ether oxygens (including phenoxy) is 3. The van der Waals surface area contributed by atoms with Crippen LogP contribution in [-0.4, -0.2) is 36.3 Å². The summed E-state index contributed by atoms with van der Waals surface area (Å²) in [4.78, 5) is 0. The van der Waals surface area contributed by atoms with Crippen LogP contribution in [0.4, 0.5) is 0 Å². The Balaban J connectivity index is 1.70. The molecule has 0 spiro atoms. The normalized spacial score (nSPS) is 26.3. The SMILES string of the molecule is CCOC1O[C@H](/C=C/c2ccccc2)[C@H](OCc2ccccc2)[C@H]1O. The van der Waals surface area contributed by atoms with Crippen LogP contribution in [0.1, 0.15) is 18.1 Å². The van der Waals surface area contributed by atoms with Crippen molar-refractivity contribution in [1.82, 2.24) is 0 Å². The lowest BCUT2D eigenvalue weighted by atomic mass is 10.1. The number of rotatable bonds is 7. The lowest BCUT2D eigenvalue weighted by Gasteiger charge is -2.19. The molecule has 1 N–H and O–H groups in total. The van der Waals surface area contributed by atoms with Crippen LogP contribution in [0.3, 0.4) is 0 Å². The fraction of sp³-hybridized carbons (Fsp3) is 0.333. The van der Waals surface area contributed by atoms with Crippen LogP contribution in [0.5, 0.6) is 0 Å². The molecular weight excluding hydrogens is 316 g/mol. The second kappa shape index (κ2) is 8.92. The molecule has 1 aliphatic heterocycles. The number of aliphatic hydroxyl groups excluding tert-OH is 1. The number of aliphatic hydroxyl groups is 1. The van der Waals surface area contributed by atoms with Gasteiger partial charge in [-0.05, 0) is 18.1 Å². The third-order valence-corrected chi connectivity index (χ3v) is 4.12. The summed E-state index contributed by atoms with van der Waals surface area (Å²) in [5, 5.41) is 10.5. The van der Waals surface area contributed by atoms with Gasteiger partial charge >= 0.3 is 0 Å². The third kappa shape index (κ3) is 4.77. The summed E-state index contributed by atoms with van der Waals surface area (Å²) in [6.07, 6.45) is 1.56. The van der Waals surface area contributed by atoms with Crippen LogP contribution in [0.2, 0.25) is 0 Å². The van der Waals surface area contributed by atoms with Crippen molar-refractivity contribution in [2.75, 3.05) is 6.61 Å². The molecule has 4 heteroatoms. The van der Waals surface area contributed by atoms with Gasteiger partial charge in [-0.3, -0.25) is 0 Å². The Morgan fingerprint density at radius 3 is 2.36 bits per heavy atom. The maximum absolute atomic E-state index is 10.5. The van der Waals surface area contributed by atoms with E-state index in [0.717, 1.165) is 11.1 Å². The monoisotopic (exact) mass is 340 g/mol. The van der Waals surface area contributed by atoms with E-state index < -0.39 is 18.5 Å². The predicted octanol–water partition coefficient (Wildman–Crippen LogP) is 3.41. The molecule has 0 amide bonds. The first-order valence-corrected chi connectivity index (χ1v) is 8.62. The van der Waals surface area contributed by atoms with Crippen LogP contribution in [-0.2, 0) is 20.8 Å². The highest BCUT2D eigenvalue weighted by Crippen LogP contribution is 2.27. The number of hydrogen-bond donors (Lipinski definition) is 1. The van der Waals surface area contributed by atoms with Crippen LogP contribution < -0.4 is 0 Å². The summed E-state index contributed by atoms with van der Waals surface area (Å²) < 4.78 is 17.3. The molecule has 4 nitrogen and oxygen atoms in total. The first-order chi connectivity index (χ1) is 12.3. The molecule has 25 heavy (non-hydrogen) atoms. The van der Waals surface area contributed by atoms with E-state index in [1.54, 1.807) is 0 Å². The Bertz CT molecular complexity index is 656. The summed E-state index contributed by atoms with van der Waals surface area (Å²) >= 11 is 0. The third-order valence-electron chi connectivity index (χ3n) is 4.12. The van der Waals surface area contributed by atoms with Crippen LogP contribution in [0.15, 0.2) is 66.7 Å². The predicted molar refractivity (Wildman–Crippen MR) is 96.8 cm³/mol. The fourth-order valence-corrected chi connectivity index (χ4v) is 2.85. The Kier molecular flexibility index (Phi) is 6.36. The van der Waals surface area contributed by atoms with E-state index in [0.29, 0.717) is 13.2 Å². The molecule has 3 rings (SSSR count). The van der Waals surface area contributed by atoms with Crippen molar-refractivity contribution in [2.24, 2.45) is 0 Å². The molecule has 2 aromatic carbocycles. The Labute approximate surface area is 148 Å². The van der Waals surface area contributed by atoms with Gasteiger partial charge in [0, 0.05) is 6.61 Å². The lowest BCUT2D eigenvalue weighted by Crippen LogP contribution is -2.35. The topological polar surface area (TPSA) is 47.9 Å². The summed E-state index contributed by atoms with van der Waals surface area (Å²) in [7, 11) is 0. The van der Waals surface area contributed by atoms with Crippen molar-refractivity contribution in [3.8, 4) is 0 Å². The van der Waals surface area contributed by atoms with Crippen LogP contribution in [0.25, 0.3) is 6.08 Å². The molecule has 1 unspecified atom stereocenters. The van der Waals surface area contributed by atoms with Gasteiger partial charge in [0.15, 0.2) is 6.29 Å². The maximum atomic E-state index is 10.5. The van der Waals surface area contributed by atoms with Crippen LogP contribution in [0, 0.1) is 0 Å². The second-order valence-corrected chi connectivity index (χ2v) is 5.95. The zero-order valence-electron chi connectivity index (χ0n) is 14.3. The van der Waals surface area contributed by atoms with Gasteiger partial charge in [0.2, 0.25) is 0 Å². The van der Waals surface area contributed by atoms with E-state index in [1.807, 2.05) is 79.7 Å². The number of benzene rings is 2. The van der Waals surface area contributed by atoms with Crippen molar-refractivity contribution in [3.05, 3.63) is 77.9 Å². The van der Waals surface area contributed by atoms with Gasteiger partial charge in [0.05, 0.1) is 6.61 Å². The lowest BCUT2D eigenvalue weighted by molar-refractivity contribution is -0.157. The standard InChI is InChI=1S/C21H24O4/c1-2-23-21-19(22)20(24-15-17-11-7-4-8-12-17)18(25-21)14-13-16-9-5-3-6-10-16/h3-14,18-22H,2,15H2,1H3/b14-13+/t18-,19-,20+,21?/m1/s1. The van der Waals surface area contributed by atoms with E-state index in [1.165, 1.54) is 0 Å². The van der Waals surface area contributed by atoms with Crippen molar-refractivity contribution in [1.29, 1.82) is 0 Å². The second-order valence-electron chi connectivity index (χ2n) is 5.95. The molecule has 1 fully saturated rings. The van der Waals surface area contributed by atoms with Gasteiger partial charge in [-0.1, -0.05) is 72.8 Å². The zero-order chi connectivity index (χ0) is 17.5. The minimum Gasteiger partial charge on any atom is -0.385 e. The molecule has 1 heterocycles. The maximum Gasteiger partial charge on any atom is 0.186 e. The van der Waals surface area contributed by atoms with E-state index in [4.69, 9.17) is 14.2 Å². The molecule has 1 saturated heterocycles. The Hall–Kier alpha value is -1.98. The van der Waals surface area contributed by atoms with Crippen molar-refractivity contribution < 1.29 is 19.3 Å². The summed E-state index contributed by atoms with van der Waals surface area (Å²) in [5.74, 6) is 0. The molecule has 132 valence electrons. The molecular formula is C21H24O4. The average molecular weight is 340 g/mol. The van der Waals surface area contributed by atoms with E-state index >= 15 is 0 Å². The van der Waals surface area contributed by atoms with Gasteiger partial charge in [-0.15, -0.1) is 0 Å². The quantitative estimate of drug-likeness (QED) is 0.839. The molecule has 0 aromatic heterocycles. The fourth-order valence-electron chi connectivity index (χ4n) is 2.85. The van der Waals surface area contributed by atoms with E-state index in [2.05, 4.69) is 0 Å².